The molecule has 1 heterocycles. The molecule has 0 aromatic carbocycles. The van der Waals surface area contributed by atoms with E-state index in [0.29, 0.717) is 26.3 Å². The van der Waals surface area contributed by atoms with E-state index < -0.39 is 14.6 Å². The number of ether oxygens (including phenoxy) is 1. The first-order valence-corrected chi connectivity index (χ1v) is 7.67. The third kappa shape index (κ3) is 4.55. The van der Waals surface area contributed by atoms with Gasteiger partial charge in [-0.1, -0.05) is 0 Å². The molecule has 0 bridgehead atoms. The van der Waals surface area contributed by atoms with Crippen LogP contribution in [0.3, 0.4) is 0 Å². The first-order chi connectivity index (χ1) is 8.22. The van der Waals surface area contributed by atoms with Crippen LogP contribution in [0, 0.1) is 0 Å². The molecule has 0 aromatic rings. The molecule has 0 atom stereocenters. The lowest BCUT2D eigenvalue weighted by atomic mass is 10.3. The lowest BCUT2D eigenvalue weighted by Gasteiger charge is -2.26. The Morgan fingerprint density at radius 2 is 1.83 bits per heavy atom. The van der Waals surface area contributed by atoms with Crippen molar-refractivity contribution in [3.8, 4) is 0 Å². The fraction of sp³-hybridized carbons (Fsp3) is 0.909. The summed E-state index contributed by atoms with van der Waals surface area (Å²) < 4.78 is 27.9. The third-order valence-electron chi connectivity index (χ3n) is 2.86. The maximum absolute atomic E-state index is 11.8. The Morgan fingerprint density at radius 1 is 1.28 bits per heavy atom. The second-order valence-electron chi connectivity index (χ2n) is 5.36. The number of hydrogen-bond acceptors (Lipinski definition) is 5. The second-order valence-corrected chi connectivity index (χ2v) is 8.10. The highest BCUT2D eigenvalue weighted by Crippen LogP contribution is 2.14. The highest BCUT2D eigenvalue weighted by Gasteiger charge is 2.29. The molecule has 1 saturated heterocycles. The van der Waals surface area contributed by atoms with Crippen LogP contribution in [0.25, 0.3) is 0 Å². The molecule has 0 unspecified atom stereocenters. The van der Waals surface area contributed by atoms with Crippen LogP contribution < -0.4 is 5.32 Å². The normalized spacial score (nSPS) is 18.6. The Labute approximate surface area is 109 Å². The number of sulfone groups is 1. The second kappa shape index (κ2) is 5.99. The first kappa shape index (κ1) is 15.4. The van der Waals surface area contributed by atoms with Crippen LogP contribution in [0.1, 0.15) is 20.8 Å². The monoisotopic (exact) mass is 278 g/mol. The Bertz CT molecular complexity index is 380. The average molecular weight is 278 g/mol. The van der Waals surface area contributed by atoms with Crippen LogP contribution in [0.2, 0.25) is 0 Å². The van der Waals surface area contributed by atoms with E-state index in [1.807, 2.05) is 4.90 Å². The number of morpholine rings is 1. The number of hydrogen-bond donors (Lipinski definition) is 1. The van der Waals surface area contributed by atoms with Crippen LogP contribution in [0.4, 0.5) is 0 Å². The van der Waals surface area contributed by atoms with Crippen molar-refractivity contribution in [2.45, 2.75) is 25.5 Å². The van der Waals surface area contributed by atoms with E-state index in [0.717, 1.165) is 0 Å². The largest absolute Gasteiger partial charge is 0.379 e. The van der Waals surface area contributed by atoms with Crippen molar-refractivity contribution in [1.82, 2.24) is 10.2 Å². The van der Waals surface area contributed by atoms with Gasteiger partial charge < -0.3 is 10.1 Å². The Morgan fingerprint density at radius 3 is 2.33 bits per heavy atom. The smallest absolute Gasteiger partial charge is 0.234 e. The van der Waals surface area contributed by atoms with Crippen molar-refractivity contribution < 1.29 is 17.9 Å². The van der Waals surface area contributed by atoms with Crippen molar-refractivity contribution in [2.24, 2.45) is 0 Å². The number of amides is 1. The maximum atomic E-state index is 11.8. The quantitative estimate of drug-likeness (QED) is 0.757. The Kier molecular flexibility index (Phi) is 5.12. The lowest BCUT2D eigenvalue weighted by Crippen LogP contribution is -2.45. The molecule has 0 saturated carbocycles. The molecule has 18 heavy (non-hydrogen) atoms. The zero-order valence-corrected chi connectivity index (χ0v) is 12.0. The molecule has 1 aliphatic heterocycles. The molecule has 106 valence electrons. The SMILES string of the molecule is CC(C)(C)S(=O)(=O)CNC(=O)CN1CCOCC1. The van der Waals surface area contributed by atoms with Crippen molar-refractivity contribution in [3.63, 3.8) is 0 Å². The molecule has 6 nitrogen and oxygen atoms in total. The Balaban J connectivity index is 2.37. The van der Waals surface area contributed by atoms with Crippen molar-refractivity contribution in [1.29, 1.82) is 0 Å². The molecule has 1 N–H and O–H groups in total. The summed E-state index contributed by atoms with van der Waals surface area (Å²) >= 11 is 0. The molecule has 7 heteroatoms. The van der Waals surface area contributed by atoms with Crippen LogP contribution >= 0.6 is 0 Å². The van der Waals surface area contributed by atoms with Crippen LogP contribution in [0.5, 0.6) is 0 Å². The van der Waals surface area contributed by atoms with Crippen molar-refractivity contribution >= 4 is 15.7 Å². The minimum atomic E-state index is -3.31. The van der Waals surface area contributed by atoms with Gasteiger partial charge in [-0.05, 0) is 20.8 Å². The number of rotatable bonds is 4. The van der Waals surface area contributed by atoms with Gasteiger partial charge in [0.05, 0.1) is 24.5 Å². The van der Waals surface area contributed by atoms with Gasteiger partial charge in [0.25, 0.3) is 0 Å². The molecular weight excluding hydrogens is 256 g/mol. The molecule has 1 rings (SSSR count). The predicted octanol–water partition coefficient (Wildman–Crippen LogP) is -0.394. The van der Waals surface area contributed by atoms with E-state index in [-0.39, 0.29) is 18.3 Å². The van der Waals surface area contributed by atoms with Crippen LogP contribution in [-0.2, 0) is 19.4 Å². The molecule has 0 aromatic heterocycles. The first-order valence-electron chi connectivity index (χ1n) is 6.01. The number of nitrogens with zero attached hydrogens (tertiary/aromatic N) is 1. The van der Waals surface area contributed by atoms with Crippen LogP contribution in [0.15, 0.2) is 0 Å². The zero-order chi connectivity index (χ0) is 13.8. The van der Waals surface area contributed by atoms with Gasteiger partial charge in [-0.3, -0.25) is 9.69 Å². The zero-order valence-electron chi connectivity index (χ0n) is 11.2. The van der Waals surface area contributed by atoms with Gasteiger partial charge >= 0.3 is 0 Å². The van der Waals surface area contributed by atoms with Gasteiger partial charge in [0.1, 0.15) is 5.88 Å². The summed E-state index contributed by atoms with van der Waals surface area (Å²) in [5.41, 5.74) is 0. The molecule has 0 radical (unpaired) electrons. The van der Waals surface area contributed by atoms with Gasteiger partial charge in [-0.15, -0.1) is 0 Å². The highest BCUT2D eigenvalue weighted by atomic mass is 32.2. The molecular formula is C11H22N2O4S. The minimum absolute atomic E-state index is 0.225. The molecule has 1 fully saturated rings. The van der Waals surface area contributed by atoms with Gasteiger partial charge in [0.2, 0.25) is 5.91 Å². The summed E-state index contributed by atoms with van der Waals surface area (Å²) in [6, 6.07) is 0. The molecule has 1 amide bonds. The highest BCUT2D eigenvalue weighted by molar-refractivity contribution is 7.92. The fourth-order valence-corrected chi connectivity index (χ4v) is 2.19. The van der Waals surface area contributed by atoms with E-state index in [2.05, 4.69) is 5.32 Å². The number of carbonyl (C=O) groups excluding carboxylic acids is 1. The lowest BCUT2D eigenvalue weighted by molar-refractivity contribution is -0.122. The van der Waals surface area contributed by atoms with E-state index in [4.69, 9.17) is 4.74 Å². The van der Waals surface area contributed by atoms with Crippen molar-refractivity contribution in [3.05, 3.63) is 0 Å². The summed E-state index contributed by atoms with van der Waals surface area (Å²) in [7, 11) is -3.31. The molecule has 1 aliphatic rings. The van der Waals surface area contributed by atoms with E-state index in [1.165, 1.54) is 0 Å². The number of nitrogens with one attached hydrogen (secondary N) is 1. The predicted molar refractivity (Wildman–Crippen MR) is 68.9 cm³/mol. The summed E-state index contributed by atoms with van der Waals surface area (Å²) in [4.78, 5) is 13.6. The van der Waals surface area contributed by atoms with Gasteiger partial charge in [-0.2, -0.15) is 0 Å². The topological polar surface area (TPSA) is 75.7 Å². The van der Waals surface area contributed by atoms with Gasteiger partial charge in [0, 0.05) is 13.1 Å². The average Bonchev–Trinajstić information content (AvgIpc) is 2.26. The van der Waals surface area contributed by atoms with Gasteiger partial charge in [-0.25, -0.2) is 8.42 Å². The summed E-state index contributed by atoms with van der Waals surface area (Å²) in [6.07, 6.45) is 0. The number of carbonyl (C=O) groups is 1. The summed E-state index contributed by atoms with van der Waals surface area (Å²) in [5, 5.41) is 2.47. The molecule has 0 spiro atoms. The summed E-state index contributed by atoms with van der Waals surface area (Å²) in [5.74, 6) is -0.565. The Hall–Kier alpha value is -0.660. The van der Waals surface area contributed by atoms with E-state index in [1.54, 1.807) is 20.8 Å². The minimum Gasteiger partial charge on any atom is -0.379 e. The maximum Gasteiger partial charge on any atom is 0.234 e. The van der Waals surface area contributed by atoms with E-state index >= 15 is 0 Å². The third-order valence-corrected chi connectivity index (χ3v) is 5.25. The standard InChI is InChI=1S/C11H22N2O4S/c1-11(2,3)18(15,16)9-12-10(14)8-13-4-6-17-7-5-13/h4-9H2,1-3H3,(H,12,14). The van der Waals surface area contributed by atoms with Gasteiger partial charge in [0.15, 0.2) is 9.84 Å². The fourth-order valence-electron chi connectivity index (χ4n) is 1.41. The van der Waals surface area contributed by atoms with Crippen molar-refractivity contribution in [2.75, 3.05) is 38.7 Å². The molecule has 0 aliphatic carbocycles. The van der Waals surface area contributed by atoms with E-state index in [9.17, 15) is 13.2 Å². The van der Waals surface area contributed by atoms with Crippen LogP contribution in [-0.4, -0.2) is 62.7 Å². The summed E-state index contributed by atoms with van der Waals surface area (Å²) in [6.45, 7) is 7.74.